The molecule has 3 aromatic rings. The second-order valence-electron chi connectivity index (χ2n) is 5.61. The Balaban J connectivity index is 1.51. The Hall–Kier alpha value is -3.40. The van der Waals surface area contributed by atoms with Crippen LogP contribution in [0.4, 0.5) is 11.4 Å². The fourth-order valence-electron chi connectivity index (χ4n) is 2.29. The summed E-state index contributed by atoms with van der Waals surface area (Å²) < 4.78 is 10.9. The number of carbonyl (C=O) groups excluding carboxylic acids is 1. The van der Waals surface area contributed by atoms with Crippen molar-refractivity contribution in [2.75, 3.05) is 11.1 Å². The van der Waals surface area contributed by atoms with Gasteiger partial charge >= 0.3 is 0 Å². The molecule has 0 saturated heterocycles. The van der Waals surface area contributed by atoms with Gasteiger partial charge in [0, 0.05) is 6.07 Å². The number of rotatable bonds is 8. The Morgan fingerprint density at radius 2 is 2.00 bits per heavy atom. The van der Waals surface area contributed by atoms with Gasteiger partial charge in [-0.2, -0.15) is 0 Å². The number of nitrogens with zero attached hydrogens (tertiary/aromatic N) is 3. The lowest BCUT2D eigenvalue weighted by atomic mass is 10.1. The molecule has 0 aliphatic heterocycles. The molecule has 144 valence electrons. The zero-order chi connectivity index (χ0) is 19.9. The van der Waals surface area contributed by atoms with Gasteiger partial charge in [0.05, 0.1) is 21.9 Å². The van der Waals surface area contributed by atoms with E-state index in [0.29, 0.717) is 22.9 Å². The Kier molecular flexibility index (Phi) is 6.22. The van der Waals surface area contributed by atoms with E-state index in [2.05, 4.69) is 15.5 Å². The van der Waals surface area contributed by atoms with E-state index in [1.54, 1.807) is 13.0 Å². The maximum absolute atomic E-state index is 12.1. The molecule has 0 atom stereocenters. The lowest BCUT2D eigenvalue weighted by molar-refractivity contribution is -0.385. The largest absolute Gasteiger partial charge is 0.484 e. The van der Waals surface area contributed by atoms with Crippen molar-refractivity contribution >= 4 is 29.0 Å². The van der Waals surface area contributed by atoms with Crippen molar-refractivity contribution in [3.05, 3.63) is 70.1 Å². The maximum atomic E-state index is 12.1. The van der Waals surface area contributed by atoms with Crippen molar-refractivity contribution in [3.8, 4) is 5.75 Å². The molecule has 0 aliphatic rings. The Bertz CT molecular complexity index is 977. The highest BCUT2D eigenvalue weighted by Gasteiger charge is 2.16. The van der Waals surface area contributed by atoms with Crippen LogP contribution in [0.25, 0.3) is 0 Å². The normalized spacial score (nSPS) is 10.5. The molecular formula is C18H16N4O5S. The second-order valence-corrected chi connectivity index (χ2v) is 6.53. The monoisotopic (exact) mass is 400 g/mol. The van der Waals surface area contributed by atoms with E-state index in [1.807, 2.05) is 30.3 Å². The summed E-state index contributed by atoms with van der Waals surface area (Å²) in [5.74, 6) is 0.653. The minimum atomic E-state index is -0.489. The summed E-state index contributed by atoms with van der Waals surface area (Å²) >= 11 is 1.06. The van der Waals surface area contributed by atoms with E-state index < -0.39 is 4.92 Å². The summed E-state index contributed by atoms with van der Waals surface area (Å²) in [5, 5.41) is 21.6. The van der Waals surface area contributed by atoms with E-state index >= 15 is 0 Å². The van der Waals surface area contributed by atoms with Gasteiger partial charge in [0.2, 0.25) is 5.91 Å². The van der Waals surface area contributed by atoms with E-state index in [0.717, 1.165) is 11.8 Å². The molecule has 2 aromatic carbocycles. The molecule has 0 saturated carbocycles. The topological polar surface area (TPSA) is 120 Å². The standard InChI is InChI=1S/C18H16N4O5S/c1-12-14(8-5-9-15(12)22(24)25)19-16(23)11-28-18-21-20-17(27-18)10-26-13-6-3-2-4-7-13/h2-9H,10-11H2,1H3,(H,19,23). The third-order valence-electron chi connectivity index (χ3n) is 3.66. The molecule has 0 fully saturated rings. The molecule has 1 heterocycles. The predicted molar refractivity (Wildman–Crippen MR) is 102 cm³/mol. The molecule has 28 heavy (non-hydrogen) atoms. The average molecular weight is 400 g/mol. The molecule has 1 aromatic heterocycles. The number of para-hydroxylation sites is 1. The third kappa shape index (κ3) is 5.07. The van der Waals surface area contributed by atoms with Crippen LogP contribution in [0, 0.1) is 17.0 Å². The van der Waals surface area contributed by atoms with Gasteiger partial charge in [0.25, 0.3) is 16.8 Å². The number of benzene rings is 2. The first kappa shape index (κ1) is 19.4. The molecule has 1 amide bonds. The predicted octanol–water partition coefficient (Wildman–Crippen LogP) is 3.60. The van der Waals surface area contributed by atoms with Crippen molar-refractivity contribution in [3.63, 3.8) is 0 Å². The van der Waals surface area contributed by atoms with Crippen LogP contribution < -0.4 is 10.1 Å². The van der Waals surface area contributed by atoms with Crippen LogP contribution in [0.1, 0.15) is 11.5 Å². The molecule has 3 rings (SSSR count). The second kappa shape index (κ2) is 9.00. The van der Waals surface area contributed by atoms with Crippen LogP contribution in [0.3, 0.4) is 0 Å². The van der Waals surface area contributed by atoms with Crippen LogP contribution in [0.15, 0.2) is 58.2 Å². The fraction of sp³-hybridized carbons (Fsp3) is 0.167. The van der Waals surface area contributed by atoms with Crippen molar-refractivity contribution in [2.45, 2.75) is 18.8 Å². The van der Waals surface area contributed by atoms with Crippen LogP contribution in [-0.4, -0.2) is 26.8 Å². The summed E-state index contributed by atoms with van der Waals surface area (Å²) in [6.07, 6.45) is 0. The number of hydrogen-bond donors (Lipinski definition) is 1. The van der Waals surface area contributed by atoms with Crippen molar-refractivity contribution < 1.29 is 18.9 Å². The molecule has 0 radical (unpaired) electrons. The zero-order valence-corrected chi connectivity index (χ0v) is 15.6. The lowest BCUT2D eigenvalue weighted by Gasteiger charge is -2.07. The quantitative estimate of drug-likeness (QED) is 0.346. The molecule has 0 aliphatic carbocycles. The van der Waals surface area contributed by atoms with Crippen molar-refractivity contribution in [1.29, 1.82) is 0 Å². The van der Waals surface area contributed by atoms with Gasteiger partial charge < -0.3 is 14.5 Å². The highest BCUT2D eigenvalue weighted by molar-refractivity contribution is 7.99. The lowest BCUT2D eigenvalue weighted by Crippen LogP contribution is -2.15. The van der Waals surface area contributed by atoms with Crippen molar-refractivity contribution in [2.24, 2.45) is 0 Å². The van der Waals surface area contributed by atoms with Gasteiger partial charge in [-0.25, -0.2) is 0 Å². The molecule has 9 nitrogen and oxygen atoms in total. The van der Waals surface area contributed by atoms with Gasteiger partial charge in [0.1, 0.15) is 5.75 Å². The summed E-state index contributed by atoms with van der Waals surface area (Å²) in [6.45, 7) is 1.70. The van der Waals surface area contributed by atoms with Crippen LogP contribution >= 0.6 is 11.8 Å². The Labute approximate surface area is 164 Å². The number of anilines is 1. The highest BCUT2D eigenvalue weighted by atomic mass is 32.2. The van der Waals surface area contributed by atoms with E-state index in [9.17, 15) is 14.9 Å². The number of amides is 1. The Morgan fingerprint density at radius 1 is 1.21 bits per heavy atom. The average Bonchev–Trinajstić information content (AvgIpc) is 3.15. The first-order chi connectivity index (χ1) is 13.5. The first-order valence-electron chi connectivity index (χ1n) is 8.20. The van der Waals surface area contributed by atoms with Crippen LogP contribution in [0.2, 0.25) is 0 Å². The van der Waals surface area contributed by atoms with E-state index in [1.165, 1.54) is 12.1 Å². The van der Waals surface area contributed by atoms with E-state index in [4.69, 9.17) is 9.15 Å². The maximum Gasteiger partial charge on any atom is 0.277 e. The summed E-state index contributed by atoms with van der Waals surface area (Å²) in [6, 6.07) is 13.7. The van der Waals surface area contributed by atoms with Gasteiger partial charge in [-0.1, -0.05) is 36.0 Å². The summed E-state index contributed by atoms with van der Waals surface area (Å²) in [7, 11) is 0. The number of thioether (sulfide) groups is 1. The minimum absolute atomic E-state index is 0.0172. The zero-order valence-electron chi connectivity index (χ0n) is 14.8. The number of ether oxygens (including phenoxy) is 1. The van der Waals surface area contributed by atoms with Gasteiger partial charge in [0.15, 0.2) is 6.61 Å². The summed E-state index contributed by atoms with van der Waals surface area (Å²) in [5.41, 5.74) is 0.733. The van der Waals surface area contributed by atoms with Crippen LogP contribution in [-0.2, 0) is 11.4 Å². The number of nitrogens with one attached hydrogen (secondary N) is 1. The molecule has 0 bridgehead atoms. The van der Waals surface area contributed by atoms with Gasteiger partial charge in [-0.05, 0) is 25.1 Å². The molecule has 0 spiro atoms. The third-order valence-corrected chi connectivity index (χ3v) is 4.48. The SMILES string of the molecule is Cc1c(NC(=O)CSc2nnc(COc3ccccc3)o2)cccc1[N+](=O)[O-]. The number of nitro benzene ring substituents is 1. The number of aromatic nitrogens is 2. The van der Waals surface area contributed by atoms with Gasteiger partial charge in [-0.3, -0.25) is 14.9 Å². The molecule has 0 unspecified atom stereocenters. The van der Waals surface area contributed by atoms with Gasteiger partial charge in [-0.15, -0.1) is 10.2 Å². The summed E-state index contributed by atoms with van der Waals surface area (Å²) in [4.78, 5) is 22.6. The molecular weight excluding hydrogens is 384 g/mol. The minimum Gasteiger partial charge on any atom is -0.484 e. The number of carbonyl (C=O) groups is 1. The first-order valence-corrected chi connectivity index (χ1v) is 9.18. The van der Waals surface area contributed by atoms with Crippen molar-refractivity contribution in [1.82, 2.24) is 10.2 Å². The van der Waals surface area contributed by atoms with E-state index in [-0.39, 0.29) is 29.2 Å². The molecule has 1 N–H and O–H groups in total. The Morgan fingerprint density at radius 3 is 2.75 bits per heavy atom. The fourth-order valence-corrected chi connectivity index (χ4v) is 2.87. The smallest absolute Gasteiger partial charge is 0.277 e. The number of hydrogen-bond acceptors (Lipinski definition) is 8. The van der Waals surface area contributed by atoms with Crippen LogP contribution in [0.5, 0.6) is 5.75 Å². The highest BCUT2D eigenvalue weighted by Crippen LogP contribution is 2.25. The number of nitro groups is 1. The molecule has 10 heteroatoms.